The Bertz CT molecular complexity index is 941. The summed E-state index contributed by atoms with van der Waals surface area (Å²) in [4.78, 5) is 15.3. The molecule has 3 aromatic rings. The van der Waals surface area contributed by atoms with E-state index in [0.717, 1.165) is 27.5 Å². The van der Waals surface area contributed by atoms with Crippen LogP contribution in [-0.2, 0) is 4.79 Å². The average Bonchev–Trinajstić information content (AvgIpc) is 2.68. The molecule has 0 saturated heterocycles. The zero-order valence-electron chi connectivity index (χ0n) is 15.2. The number of hydrogen-bond acceptors (Lipinski definition) is 3. The van der Waals surface area contributed by atoms with Crippen molar-refractivity contribution in [1.29, 1.82) is 5.26 Å². The summed E-state index contributed by atoms with van der Waals surface area (Å²) < 4.78 is 0. The van der Waals surface area contributed by atoms with Crippen molar-refractivity contribution in [3.8, 4) is 17.2 Å². The molecular weight excluding hydrogens is 324 g/mol. The van der Waals surface area contributed by atoms with E-state index in [2.05, 4.69) is 11.1 Å². The third-order valence-electron chi connectivity index (χ3n) is 4.16. The van der Waals surface area contributed by atoms with Crippen LogP contribution in [0.3, 0.4) is 0 Å². The Kier molecular flexibility index (Phi) is 6.46. The van der Waals surface area contributed by atoms with Gasteiger partial charge in [0, 0.05) is 23.3 Å². The SMILES string of the molecule is CC.CC(CC(=O)O)c1ccc2cncc(-c3ccc(C#N)cc3)c2c1. The molecule has 1 heterocycles. The first-order chi connectivity index (χ1) is 12.6. The number of aromatic nitrogens is 1. The molecule has 0 aliphatic heterocycles. The molecule has 0 radical (unpaired) electrons. The van der Waals surface area contributed by atoms with Gasteiger partial charge in [0.2, 0.25) is 0 Å². The number of pyridine rings is 1. The molecule has 0 fully saturated rings. The first-order valence-corrected chi connectivity index (χ1v) is 8.68. The van der Waals surface area contributed by atoms with Gasteiger partial charge in [0.1, 0.15) is 0 Å². The zero-order valence-corrected chi connectivity index (χ0v) is 15.2. The van der Waals surface area contributed by atoms with Crippen LogP contribution in [-0.4, -0.2) is 16.1 Å². The van der Waals surface area contributed by atoms with Crippen LogP contribution in [0.1, 0.15) is 44.2 Å². The van der Waals surface area contributed by atoms with E-state index in [-0.39, 0.29) is 12.3 Å². The molecule has 1 atom stereocenters. The largest absolute Gasteiger partial charge is 0.481 e. The topological polar surface area (TPSA) is 74.0 Å². The number of hydrogen-bond donors (Lipinski definition) is 1. The van der Waals surface area contributed by atoms with Crippen LogP contribution < -0.4 is 0 Å². The number of carboxylic acids is 1. The van der Waals surface area contributed by atoms with Gasteiger partial charge < -0.3 is 5.11 Å². The van der Waals surface area contributed by atoms with Crippen LogP contribution in [0.2, 0.25) is 0 Å². The lowest BCUT2D eigenvalue weighted by atomic mass is 9.93. The highest BCUT2D eigenvalue weighted by molar-refractivity contribution is 5.96. The van der Waals surface area contributed by atoms with Crippen LogP contribution in [0.15, 0.2) is 54.9 Å². The monoisotopic (exact) mass is 346 g/mol. The Labute approximate surface area is 153 Å². The lowest BCUT2D eigenvalue weighted by Crippen LogP contribution is -2.02. The van der Waals surface area contributed by atoms with Crippen molar-refractivity contribution >= 4 is 16.7 Å². The summed E-state index contributed by atoms with van der Waals surface area (Å²) in [6, 6.07) is 15.5. The minimum absolute atomic E-state index is 0.0612. The summed E-state index contributed by atoms with van der Waals surface area (Å²) >= 11 is 0. The van der Waals surface area contributed by atoms with Gasteiger partial charge in [-0.15, -0.1) is 0 Å². The molecule has 1 unspecified atom stereocenters. The Balaban J connectivity index is 0.00000117. The smallest absolute Gasteiger partial charge is 0.303 e. The third kappa shape index (κ3) is 4.25. The van der Waals surface area contributed by atoms with E-state index in [1.165, 1.54) is 0 Å². The van der Waals surface area contributed by atoms with Crippen LogP contribution >= 0.6 is 0 Å². The molecule has 4 nitrogen and oxygen atoms in total. The van der Waals surface area contributed by atoms with Gasteiger partial charge in [0.25, 0.3) is 0 Å². The Morgan fingerprint density at radius 2 is 1.85 bits per heavy atom. The highest BCUT2D eigenvalue weighted by Crippen LogP contribution is 2.31. The fraction of sp³-hybridized carbons (Fsp3) is 0.227. The molecule has 4 heteroatoms. The molecule has 2 aromatic carbocycles. The van der Waals surface area contributed by atoms with Crippen LogP contribution in [0, 0.1) is 11.3 Å². The van der Waals surface area contributed by atoms with Crippen LogP contribution in [0.25, 0.3) is 21.9 Å². The number of rotatable bonds is 4. The molecule has 3 rings (SSSR count). The lowest BCUT2D eigenvalue weighted by molar-refractivity contribution is -0.137. The fourth-order valence-corrected chi connectivity index (χ4v) is 2.82. The molecule has 0 spiro atoms. The minimum atomic E-state index is -0.801. The van der Waals surface area contributed by atoms with Crippen molar-refractivity contribution in [2.45, 2.75) is 33.1 Å². The summed E-state index contributed by atoms with van der Waals surface area (Å²) in [6.07, 6.45) is 3.70. The lowest BCUT2D eigenvalue weighted by Gasteiger charge is -2.12. The molecule has 0 bridgehead atoms. The minimum Gasteiger partial charge on any atom is -0.481 e. The van der Waals surface area contributed by atoms with E-state index < -0.39 is 5.97 Å². The molecule has 1 aromatic heterocycles. The third-order valence-corrected chi connectivity index (χ3v) is 4.16. The second-order valence-electron chi connectivity index (χ2n) is 5.86. The number of benzene rings is 2. The Hall–Kier alpha value is -3.19. The van der Waals surface area contributed by atoms with E-state index in [9.17, 15) is 4.79 Å². The van der Waals surface area contributed by atoms with Crippen LogP contribution in [0.5, 0.6) is 0 Å². The van der Waals surface area contributed by atoms with Crippen molar-refractivity contribution in [3.63, 3.8) is 0 Å². The van der Waals surface area contributed by atoms with Gasteiger partial charge in [-0.3, -0.25) is 9.78 Å². The molecule has 0 aliphatic carbocycles. The van der Waals surface area contributed by atoms with Gasteiger partial charge in [0.05, 0.1) is 18.1 Å². The highest BCUT2D eigenvalue weighted by atomic mass is 16.4. The van der Waals surface area contributed by atoms with Crippen molar-refractivity contribution in [3.05, 3.63) is 66.0 Å². The van der Waals surface area contributed by atoms with Crippen molar-refractivity contribution in [2.24, 2.45) is 0 Å². The van der Waals surface area contributed by atoms with E-state index in [1.807, 2.05) is 51.1 Å². The Morgan fingerprint density at radius 1 is 1.15 bits per heavy atom. The second-order valence-corrected chi connectivity index (χ2v) is 5.86. The number of carbonyl (C=O) groups is 1. The molecule has 0 amide bonds. The predicted octanol–water partition coefficient (Wildman–Crippen LogP) is 5.38. The first-order valence-electron chi connectivity index (χ1n) is 8.68. The normalized spacial score (nSPS) is 11.2. The summed E-state index contributed by atoms with van der Waals surface area (Å²) in [7, 11) is 0. The number of carboxylic acid groups (broad SMARTS) is 1. The number of nitriles is 1. The summed E-state index contributed by atoms with van der Waals surface area (Å²) in [6.45, 7) is 5.91. The Morgan fingerprint density at radius 3 is 2.46 bits per heavy atom. The quantitative estimate of drug-likeness (QED) is 0.688. The standard InChI is InChI=1S/C20H16N2O2.C2H6/c1-13(8-20(23)24)16-6-7-17-11-22-12-19(18(17)9-16)15-4-2-14(10-21)3-5-15;1-2/h2-7,9,11-13H,8H2,1H3,(H,23,24);1-2H3. The number of aliphatic carboxylic acids is 1. The van der Waals surface area contributed by atoms with Crippen molar-refractivity contribution < 1.29 is 9.90 Å². The number of fused-ring (bicyclic) bond motifs is 1. The second kappa shape index (κ2) is 8.77. The van der Waals surface area contributed by atoms with Gasteiger partial charge in [-0.2, -0.15) is 5.26 Å². The van der Waals surface area contributed by atoms with E-state index in [0.29, 0.717) is 5.56 Å². The zero-order chi connectivity index (χ0) is 19.1. The van der Waals surface area contributed by atoms with Gasteiger partial charge >= 0.3 is 5.97 Å². The highest BCUT2D eigenvalue weighted by Gasteiger charge is 2.12. The maximum Gasteiger partial charge on any atom is 0.303 e. The molecule has 0 saturated carbocycles. The fourth-order valence-electron chi connectivity index (χ4n) is 2.82. The van der Waals surface area contributed by atoms with E-state index in [1.54, 1.807) is 24.5 Å². The number of nitrogens with zero attached hydrogens (tertiary/aromatic N) is 2. The predicted molar refractivity (Wildman–Crippen MR) is 104 cm³/mol. The summed E-state index contributed by atoms with van der Waals surface area (Å²) in [5.74, 6) is -0.862. The van der Waals surface area contributed by atoms with E-state index in [4.69, 9.17) is 10.4 Å². The summed E-state index contributed by atoms with van der Waals surface area (Å²) in [5.41, 5.74) is 3.56. The molecule has 132 valence electrons. The average molecular weight is 346 g/mol. The van der Waals surface area contributed by atoms with Gasteiger partial charge in [-0.05, 0) is 34.6 Å². The first kappa shape index (κ1) is 19.1. The van der Waals surface area contributed by atoms with Crippen LogP contribution in [0.4, 0.5) is 0 Å². The van der Waals surface area contributed by atoms with Gasteiger partial charge in [-0.25, -0.2) is 0 Å². The van der Waals surface area contributed by atoms with Gasteiger partial charge in [-0.1, -0.05) is 51.1 Å². The van der Waals surface area contributed by atoms with Gasteiger partial charge in [0.15, 0.2) is 0 Å². The maximum absolute atomic E-state index is 11.0. The summed E-state index contributed by atoms with van der Waals surface area (Å²) in [5, 5.41) is 20.0. The van der Waals surface area contributed by atoms with E-state index >= 15 is 0 Å². The molecule has 26 heavy (non-hydrogen) atoms. The molecule has 1 N–H and O–H groups in total. The maximum atomic E-state index is 11.0. The molecule has 0 aliphatic rings. The van der Waals surface area contributed by atoms with Crippen molar-refractivity contribution in [1.82, 2.24) is 4.98 Å². The van der Waals surface area contributed by atoms with Crippen molar-refractivity contribution in [2.75, 3.05) is 0 Å². The molecular formula is C22H22N2O2.